The van der Waals surface area contributed by atoms with Gasteiger partial charge in [-0.25, -0.2) is 4.39 Å². The predicted molar refractivity (Wildman–Crippen MR) is 120 cm³/mol. The van der Waals surface area contributed by atoms with E-state index in [-0.39, 0.29) is 11.4 Å². The summed E-state index contributed by atoms with van der Waals surface area (Å²) < 4.78 is 24.6. The summed E-state index contributed by atoms with van der Waals surface area (Å²) in [5.41, 5.74) is 2.98. The maximum atomic E-state index is 13.1. The molecule has 0 spiro atoms. The predicted octanol–water partition coefficient (Wildman–Crippen LogP) is 6.87. The number of methoxy groups -OCH3 is 1. The summed E-state index contributed by atoms with van der Waals surface area (Å²) >= 11 is 8.24. The van der Waals surface area contributed by atoms with E-state index in [0.717, 1.165) is 52.0 Å². The summed E-state index contributed by atoms with van der Waals surface area (Å²) in [4.78, 5) is 2.23. The minimum absolute atomic E-state index is 0.227. The molecule has 3 aromatic carbocycles. The lowest BCUT2D eigenvalue weighted by Crippen LogP contribution is -2.35. The molecule has 1 heterocycles. The number of halogens is 2. The van der Waals surface area contributed by atoms with Gasteiger partial charge in [-0.2, -0.15) is 0 Å². The lowest BCUT2D eigenvalue weighted by atomic mass is 9.86. The third kappa shape index (κ3) is 4.89. The Labute approximate surface area is 186 Å². The molecule has 5 heteroatoms. The van der Waals surface area contributed by atoms with Crippen LogP contribution in [0.2, 0.25) is 5.02 Å². The number of benzene rings is 3. The molecule has 0 aliphatic carbocycles. The summed E-state index contributed by atoms with van der Waals surface area (Å²) in [5.74, 6) is -0.227. The number of ether oxygens (including phenoxy) is 2. The van der Waals surface area contributed by atoms with E-state index in [1.807, 2.05) is 12.1 Å². The van der Waals surface area contributed by atoms with Crippen molar-refractivity contribution >= 4 is 23.4 Å². The van der Waals surface area contributed by atoms with E-state index in [0.29, 0.717) is 6.42 Å². The molecule has 0 aromatic heterocycles. The second-order valence-corrected chi connectivity index (χ2v) is 9.05. The maximum Gasteiger partial charge on any atom is 0.123 e. The van der Waals surface area contributed by atoms with Gasteiger partial charge >= 0.3 is 0 Å². The van der Waals surface area contributed by atoms with E-state index in [2.05, 4.69) is 30.3 Å². The Morgan fingerprint density at radius 2 is 1.73 bits per heavy atom. The quantitative estimate of drug-likeness (QED) is 0.414. The standard InChI is InChI=1S/C25H24ClFO2S/c1-28-25(11-13-29-14-12-25)20-3-2-4-22(16-20)30-23-10-7-19(24(26)17-23)15-18-5-8-21(27)9-6-18/h2-10,16-17H,11-15H2,1H3. The van der Waals surface area contributed by atoms with Crippen LogP contribution in [-0.2, 0) is 21.5 Å². The summed E-state index contributed by atoms with van der Waals surface area (Å²) in [6.07, 6.45) is 2.40. The lowest BCUT2D eigenvalue weighted by Gasteiger charge is -2.36. The van der Waals surface area contributed by atoms with Crippen LogP contribution in [0.15, 0.2) is 76.5 Å². The van der Waals surface area contributed by atoms with Crippen molar-refractivity contribution in [1.82, 2.24) is 0 Å². The monoisotopic (exact) mass is 442 g/mol. The largest absolute Gasteiger partial charge is 0.381 e. The normalized spacial score (nSPS) is 15.8. The molecule has 0 unspecified atom stereocenters. The number of hydrogen-bond donors (Lipinski definition) is 0. The Bertz CT molecular complexity index is 1000. The van der Waals surface area contributed by atoms with E-state index in [9.17, 15) is 4.39 Å². The molecule has 1 saturated heterocycles. The molecule has 3 aromatic rings. The zero-order valence-corrected chi connectivity index (χ0v) is 18.4. The first-order valence-corrected chi connectivity index (χ1v) is 11.2. The van der Waals surface area contributed by atoms with Crippen LogP contribution < -0.4 is 0 Å². The minimum Gasteiger partial charge on any atom is -0.381 e. The SMILES string of the molecule is COC1(c2cccc(Sc3ccc(Cc4ccc(F)cc4)c(Cl)c3)c2)CCOCC1. The van der Waals surface area contributed by atoms with Crippen molar-refractivity contribution in [2.45, 2.75) is 34.7 Å². The van der Waals surface area contributed by atoms with Crippen molar-refractivity contribution in [3.63, 3.8) is 0 Å². The van der Waals surface area contributed by atoms with Gasteiger partial charge in [0.25, 0.3) is 0 Å². The third-order valence-corrected chi connectivity index (χ3v) is 6.95. The molecule has 4 rings (SSSR count). The Kier molecular flexibility index (Phi) is 6.79. The van der Waals surface area contributed by atoms with Crippen LogP contribution in [0, 0.1) is 5.82 Å². The second kappa shape index (κ2) is 9.52. The summed E-state index contributed by atoms with van der Waals surface area (Å²) in [6, 6.07) is 21.2. The first-order valence-electron chi connectivity index (χ1n) is 10.0. The molecule has 0 amide bonds. The molecule has 0 saturated carbocycles. The summed E-state index contributed by atoms with van der Waals surface area (Å²) in [5, 5.41) is 0.721. The van der Waals surface area contributed by atoms with Crippen molar-refractivity contribution in [3.8, 4) is 0 Å². The highest BCUT2D eigenvalue weighted by atomic mass is 35.5. The molecule has 1 aliphatic rings. The van der Waals surface area contributed by atoms with Crippen LogP contribution in [0.3, 0.4) is 0 Å². The molecule has 30 heavy (non-hydrogen) atoms. The smallest absolute Gasteiger partial charge is 0.123 e. The van der Waals surface area contributed by atoms with E-state index in [1.165, 1.54) is 17.7 Å². The minimum atomic E-state index is -0.272. The van der Waals surface area contributed by atoms with Crippen molar-refractivity contribution in [3.05, 3.63) is 94.3 Å². The highest BCUT2D eigenvalue weighted by Gasteiger charge is 2.34. The molecule has 0 atom stereocenters. The molecular weight excluding hydrogens is 419 g/mol. The molecule has 1 fully saturated rings. The van der Waals surface area contributed by atoms with Crippen LogP contribution in [0.1, 0.15) is 29.5 Å². The van der Waals surface area contributed by atoms with Crippen LogP contribution in [0.4, 0.5) is 4.39 Å². The topological polar surface area (TPSA) is 18.5 Å². The number of hydrogen-bond acceptors (Lipinski definition) is 3. The molecular formula is C25H24ClFO2S. The molecule has 156 valence electrons. The zero-order chi connectivity index (χ0) is 21.0. The van der Waals surface area contributed by atoms with E-state index in [4.69, 9.17) is 21.1 Å². The van der Waals surface area contributed by atoms with E-state index in [1.54, 1.807) is 31.0 Å². The zero-order valence-electron chi connectivity index (χ0n) is 16.9. The van der Waals surface area contributed by atoms with Gasteiger partial charge in [0.05, 0.1) is 5.60 Å². The summed E-state index contributed by atoms with van der Waals surface area (Å²) in [6.45, 7) is 1.44. The van der Waals surface area contributed by atoms with Crippen LogP contribution in [-0.4, -0.2) is 20.3 Å². The number of rotatable bonds is 6. The van der Waals surface area contributed by atoms with Gasteiger partial charge in [0.2, 0.25) is 0 Å². The van der Waals surface area contributed by atoms with Gasteiger partial charge in [0.1, 0.15) is 5.82 Å². The lowest BCUT2D eigenvalue weighted by molar-refractivity contribution is -0.0948. The Balaban J connectivity index is 1.50. The Morgan fingerprint density at radius 1 is 1.00 bits per heavy atom. The van der Waals surface area contributed by atoms with Gasteiger partial charge in [0, 0.05) is 48.0 Å². The van der Waals surface area contributed by atoms with Crippen molar-refractivity contribution in [2.75, 3.05) is 20.3 Å². The van der Waals surface area contributed by atoms with Gasteiger partial charge in [-0.15, -0.1) is 0 Å². The van der Waals surface area contributed by atoms with Crippen molar-refractivity contribution in [2.24, 2.45) is 0 Å². The van der Waals surface area contributed by atoms with Gasteiger partial charge in [-0.05, 0) is 59.5 Å². The van der Waals surface area contributed by atoms with Crippen molar-refractivity contribution < 1.29 is 13.9 Å². The first-order chi connectivity index (χ1) is 14.6. The fraction of sp³-hybridized carbons (Fsp3) is 0.280. The van der Waals surface area contributed by atoms with Gasteiger partial charge in [-0.1, -0.05) is 53.7 Å². The maximum absolute atomic E-state index is 13.1. The molecule has 0 radical (unpaired) electrons. The van der Waals surface area contributed by atoms with Crippen molar-refractivity contribution in [1.29, 1.82) is 0 Å². The average molecular weight is 443 g/mol. The fourth-order valence-electron chi connectivity index (χ4n) is 3.85. The molecule has 2 nitrogen and oxygen atoms in total. The third-order valence-electron chi connectivity index (χ3n) is 5.62. The Hall–Kier alpha value is -1.85. The van der Waals surface area contributed by atoms with Crippen LogP contribution in [0.25, 0.3) is 0 Å². The second-order valence-electron chi connectivity index (χ2n) is 7.50. The molecule has 0 bridgehead atoms. The molecule has 0 N–H and O–H groups in total. The van der Waals surface area contributed by atoms with Gasteiger partial charge < -0.3 is 9.47 Å². The van der Waals surface area contributed by atoms with E-state index >= 15 is 0 Å². The highest BCUT2D eigenvalue weighted by molar-refractivity contribution is 7.99. The highest BCUT2D eigenvalue weighted by Crippen LogP contribution is 2.38. The first kappa shape index (κ1) is 21.4. The van der Waals surface area contributed by atoms with Crippen LogP contribution >= 0.6 is 23.4 Å². The summed E-state index contributed by atoms with van der Waals surface area (Å²) in [7, 11) is 1.78. The van der Waals surface area contributed by atoms with Gasteiger partial charge in [-0.3, -0.25) is 0 Å². The molecule has 1 aliphatic heterocycles. The Morgan fingerprint density at radius 3 is 2.43 bits per heavy atom. The van der Waals surface area contributed by atoms with Crippen LogP contribution in [0.5, 0.6) is 0 Å². The fourth-order valence-corrected chi connectivity index (χ4v) is 5.08. The van der Waals surface area contributed by atoms with Gasteiger partial charge in [0.15, 0.2) is 0 Å². The van der Waals surface area contributed by atoms with E-state index < -0.39 is 0 Å². The average Bonchev–Trinajstić information content (AvgIpc) is 2.78.